The fourth-order valence-electron chi connectivity index (χ4n) is 2.54. The van der Waals surface area contributed by atoms with Crippen LogP contribution in [0.2, 0.25) is 0 Å². The number of nitrogens with two attached hydrogens (primary N) is 1. The molecule has 1 saturated carbocycles. The highest BCUT2D eigenvalue weighted by molar-refractivity contribution is 5.43. The summed E-state index contributed by atoms with van der Waals surface area (Å²) in [6, 6.07) is 0.978. The van der Waals surface area contributed by atoms with Crippen molar-refractivity contribution in [2.45, 2.75) is 44.8 Å². The molecular weight excluding hydrogens is 271 g/mol. The van der Waals surface area contributed by atoms with Gasteiger partial charge in [-0.15, -0.1) is 0 Å². The average molecular weight is 289 g/mol. The molecule has 0 amide bonds. The minimum absolute atomic E-state index is 0.0686. The van der Waals surface area contributed by atoms with Crippen LogP contribution in [0.25, 0.3) is 0 Å². The Labute approximate surface area is 115 Å². The number of hydrazine groups is 1. The summed E-state index contributed by atoms with van der Waals surface area (Å²) in [4.78, 5) is 7.23. The second-order valence-corrected chi connectivity index (χ2v) is 5.08. The van der Waals surface area contributed by atoms with Crippen LogP contribution in [0.1, 0.15) is 38.3 Å². The Bertz CT molecular complexity index is 457. The smallest absolute Gasteiger partial charge is 0.367 e. The maximum atomic E-state index is 12.7. The molecule has 1 fully saturated rings. The summed E-state index contributed by atoms with van der Waals surface area (Å²) >= 11 is 0. The van der Waals surface area contributed by atoms with Gasteiger partial charge in [0.2, 0.25) is 5.95 Å². The molecule has 0 aromatic carbocycles. The maximum absolute atomic E-state index is 12.7. The van der Waals surface area contributed by atoms with Gasteiger partial charge in [0.25, 0.3) is 0 Å². The molecule has 0 spiro atoms. The van der Waals surface area contributed by atoms with Crippen LogP contribution in [0.15, 0.2) is 6.07 Å². The molecule has 5 nitrogen and oxygen atoms in total. The second-order valence-electron chi connectivity index (χ2n) is 5.08. The van der Waals surface area contributed by atoms with Gasteiger partial charge in [-0.3, -0.25) is 5.43 Å². The summed E-state index contributed by atoms with van der Waals surface area (Å²) in [5, 5.41) is 3.02. The summed E-state index contributed by atoms with van der Waals surface area (Å²) in [5.74, 6) is 5.47. The van der Waals surface area contributed by atoms with E-state index in [0.717, 1.165) is 18.9 Å². The first kappa shape index (κ1) is 14.8. The molecule has 0 bridgehead atoms. The topological polar surface area (TPSA) is 75.9 Å². The van der Waals surface area contributed by atoms with Gasteiger partial charge in [0.15, 0.2) is 5.69 Å². The number of nitrogen functional groups attached to an aromatic ring is 1. The maximum Gasteiger partial charge on any atom is 0.433 e. The predicted octanol–water partition coefficient (Wildman–Crippen LogP) is 2.77. The van der Waals surface area contributed by atoms with Crippen LogP contribution in [0, 0.1) is 5.92 Å². The third-order valence-corrected chi connectivity index (χ3v) is 3.63. The first-order valence-electron chi connectivity index (χ1n) is 6.59. The summed E-state index contributed by atoms with van der Waals surface area (Å²) in [6.07, 6.45) is -0.00392. The number of aromatic nitrogens is 2. The van der Waals surface area contributed by atoms with Gasteiger partial charge in [0.05, 0.1) is 0 Å². The fourth-order valence-corrected chi connectivity index (χ4v) is 2.54. The van der Waals surface area contributed by atoms with Gasteiger partial charge in [0, 0.05) is 12.1 Å². The van der Waals surface area contributed by atoms with Crippen molar-refractivity contribution in [3.63, 3.8) is 0 Å². The Morgan fingerprint density at radius 2 is 1.95 bits per heavy atom. The van der Waals surface area contributed by atoms with Crippen LogP contribution >= 0.6 is 0 Å². The van der Waals surface area contributed by atoms with Gasteiger partial charge in [-0.1, -0.05) is 12.8 Å². The third-order valence-electron chi connectivity index (χ3n) is 3.63. The minimum atomic E-state index is -4.53. The number of nitrogens with zero attached hydrogens (tertiary/aromatic N) is 2. The number of hydrogen-bond donors (Lipinski definition) is 3. The van der Waals surface area contributed by atoms with Crippen LogP contribution < -0.4 is 16.6 Å². The number of halogens is 3. The number of anilines is 2. The Hall–Kier alpha value is -1.57. The molecule has 4 N–H and O–H groups in total. The molecule has 20 heavy (non-hydrogen) atoms. The summed E-state index contributed by atoms with van der Waals surface area (Å²) in [7, 11) is 0. The van der Waals surface area contributed by atoms with E-state index in [1.807, 2.05) is 6.92 Å². The predicted molar refractivity (Wildman–Crippen MR) is 69.9 cm³/mol. The highest BCUT2D eigenvalue weighted by atomic mass is 19.4. The van der Waals surface area contributed by atoms with Crippen LogP contribution in [-0.2, 0) is 6.18 Å². The zero-order valence-corrected chi connectivity index (χ0v) is 11.2. The van der Waals surface area contributed by atoms with Crippen molar-refractivity contribution >= 4 is 11.8 Å². The van der Waals surface area contributed by atoms with Gasteiger partial charge in [0.1, 0.15) is 5.82 Å². The number of alkyl halides is 3. The van der Waals surface area contributed by atoms with E-state index < -0.39 is 11.9 Å². The van der Waals surface area contributed by atoms with Crippen molar-refractivity contribution in [2.24, 2.45) is 11.8 Å². The van der Waals surface area contributed by atoms with Gasteiger partial charge in [-0.25, -0.2) is 10.8 Å². The quantitative estimate of drug-likeness (QED) is 0.587. The van der Waals surface area contributed by atoms with Crippen LogP contribution in [0.5, 0.6) is 0 Å². The largest absolute Gasteiger partial charge is 0.433 e. The lowest BCUT2D eigenvalue weighted by Gasteiger charge is -2.21. The molecule has 1 aliphatic rings. The lowest BCUT2D eigenvalue weighted by atomic mass is 10.00. The monoisotopic (exact) mass is 289 g/mol. The Morgan fingerprint density at radius 1 is 1.30 bits per heavy atom. The van der Waals surface area contributed by atoms with E-state index in [1.54, 1.807) is 0 Å². The van der Waals surface area contributed by atoms with Crippen LogP contribution in [0.3, 0.4) is 0 Å². The van der Waals surface area contributed by atoms with E-state index in [0.29, 0.717) is 5.92 Å². The lowest BCUT2D eigenvalue weighted by Crippen LogP contribution is -2.25. The molecule has 112 valence electrons. The molecule has 0 saturated heterocycles. The third kappa shape index (κ3) is 3.50. The van der Waals surface area contributed by atoms with Crippen molar-refractivity contribution in [1.29, 1.82) is 0 Å². The molecule has 1 aliphatic carbocycles. The average Bonchev–Trinajstić information content (AvgIpc) is 2.91. The molecule has 0 radical (unpaired) electrons. The van der Waals surface area contributed by atoms with E-state index in [9.17, 15) is 13.2 Å². The molecular formula is C12H18F3N5. The summed E-state index contributed by atoms with van der Waals surface area (Å²) < 4.78 is 38.2. The lowest BCUT2D eigenvalue weighted by molar-refractivity contribution is -0.141. The van der Waals surface area contributed by atoms with E-state index in [-0.39, 0.29) is 17.8 Å². The fraction of sp³-hybridized carbons (Fsp3) is 0.667. The number of rotatable bonds is 4. The van der Waals surface area contributed by atoms with Crippen molar-refractivity contribution in [3.05, 3.63) is 11.8 Å². The molecule has 0 aliphatic heterocycles. The minimum Gasteiger partial charge on any atom is -0.367 e. The van der Waals surface area contributed by atoms with Crippen molar-refractivity contribution in [2.75, 3.05) is 10.7 Å². The summed E-state index contributed by atoms with van der Waals surface area (Å²) in [5.41, 5.74) is 1.05. The van der Waals surface area contributed by atoms with E-state index in [2.05, 4.69) is 20.7 Å². The highest BCUT2D eigenvalue weighted by Gasteiger charge is 2.34. The van der Waals surface area contributed by atoms with Crippen LogP contribution in [-0.4, -0.2) is 16.0 Å². The van der Waals surface area contributed by atoms with Crippen molar-refractivity contribution < 1.29 is 13.2 Å². The van der Waals surface area contributed by atoms with Gasteiger partial charge < -0.3 is 5.32 Å². The molecule has 1 aromatic rings. The second kappa shape index (κ2) is 5.82. The van der Waals surface area contributed by atoms with Crippen molar-refractivity contribution in [1.82, 2.24) is 9.97 Å². The van der Waals surface area contributed by atoms with E-state index in [1.165, 1.54) is 12.8 Å². The van der Waals surface area contributed by atoms with Crippen LogP contribution in [0.4, 0.5) is 24.9 Å². The van der Waals surface area contributed by atoms with E-state index in [4.69, 9.17) is 5.84 Å². The number of hydrogen-bond acceptors (Lipinski definition) is 5. The standard InChI is InChI=1S/C12H18F3N5/c1-7(8-4-2-3-5-8)17-10-6-9(12(13,14)15)18-11(19-10)20-16/h6-8H,2-5,16H2,1H3,(H2,17,18,19,20). The van der Waals surface area contributed by atoms with Gasteiger partial charge in [-0.2, -0.15) is 18.2 Å². The first-order chi connectivity index (χ1) is 9.40. The van der Waals surface area contributed by atoms with Gasteiger partial charge >= 0.3 is 6.18 Å². The molecule has 1 unspecified atom stereocenters. The SMILES string of the molecule is CC(Nc1cc(C(F)(F)F)nc(NN)n1)C1CCCC1. The Kier molecular flexibility index (Phi) is 4.32. The first-order valence-corrected chi connectivity index (χ1v) is 6.59. The highest BCUT2D eigenvalue weighted by Crippen LogP contribution is 2.32. The number of nitrogens with one attached hydrogen (secondary N) is 2. The molecule has 1 aromatic heterocycles. The Balaban J connectivity index is 2.17. The summed E-state index contributed by atoms with van der Waals surface area (Å²) in [6.45, 7) is 1.96. The molecule has 2 rings (SSSR count). The normalized spacial score (nSPS) is 18.1. The Morgan fingerprint density at radius 3 is 2.50 bits per heavy atom. The zero-order chi connectivity index (χ0) is 14.8. The van der Waals surface area contributed by atoms with Gasteiger partial charge in [-0.05, 0) is 25.7 Å². The molecule has 1 atom stereocenters. The van der Waals surface area contributed by atoms with E-state index >= 15 is 0 Å². The zero-order valence-electron chi connectivity index (χ0n) is 11.2. The molecule has 8 heteroatoms. The van der Waals surface area contributed by atoms with Crippen molar-refractivity contribution in [3.8, 4) is 0 Å². The molecule has 1 heterocycles.